The van der Waals surface area contributed by atoms with E-state index < -0.39 is 0 Å². The van der Waals surface area contributed by atoms with Crippen molar-refractivity contribution in [2.24, 2.45) is 5.92 Å². The molecule has 2 N–H and O–H groups in total. The number of halogens is 1. The van der Waals surface area contributed by atoms with Crippen LogP contribution in [0.5, 0.6) is 0 Å². The molecule has 0 aliphatic heterocycles. The van der Waals surface area contributed by atoms with Crippen LogP contribution in [0.15, 0.2) is 29.6 Å². The fourth-order valence-corrected chi connectivity index (χ4v) is 4.41. The van der Waals surface area contributed by atoms with E-state index in [0.717, 1.165) is 29.1 Å². The van der Waals surface area contributed by atoms with E-state index >= 15 is 0 Å². The summed E-state index contributed by atoms with van der Waals surface area (Å²) in [6.07, 6.45) is 1.90. The van der Waals surface area contributed by atoms with Crippen molar-refractivity contribution in [2.45, 2.75) is 19.8 Å². The molecule has 9 heteroatoms. The molecule has 4 rings (SSSR count). The standard InChI is InChI=1S/C18H15ClN4O2S2/c1-9-14(13-8-26-17(21-13)22-15(24)10-6-7-10)27-18(20-9)23-16(25)11-4-2-3-5-12(11)19/h2-5,8,10H,6-7H2,1H3,(H,20,23,25)(H,21,22,24). The minimum absolute atomic E-state index is 0.0321. The number of carbonyl (C=O) groups excluding carboxylic acids is 2. The highest BCUT2D eigenvalue weighted by molar-refractivity contribution is 7.20. The van der Waals surface area contributed by atoms with Crippen LogP contribution in [0.3, 0.4) is 0 Å². The van der Waals surface area contributed by atoms with Gasteiger partial charge in [0, 0.05) is 11.3 Å². The molecule has 0 saturated heterocycles. The maximum absolute atomic E-state index is 12.4. The van der Waals surface area contributed by atoms with Crippen LogP contribution >= 0.6 is 34.3 Å². The second-order valence-electron chi connectivity index (χ2n) is 6.17. The molecule has 2 amide bonds. The van der Waals surface area contributed by atoms with Crippen LogP contribution in [-0.4, -0.2) is 21.8 Å². The Hall–Kier alpha value is -2.29. The van der Waals surface area contributed by atoms with Crippen molar-refractivity contribution in [2.75, 3.05) is 10.6 Å². The Morgan fingerprint density at radius 1 is 1.15 bits per heavy atom. The number of hydrogen-bond donors (Lipinski definition) is 2. The molecule has 0 spiro atoms. The van der Waals surface area contributed by atoms with E-state index in [2.05, 4.69) is 20.6 Å². The van der Waals surface area contributed by atoms with Crippen molar-refractivity contribution in [3.63, 3.8) is 0 Å². The van der Waals surface area contributed by atoms with Crippen LogP contribution in [-0.2, 0) is 4.79 Å². The first-order valence-corrected chi connectivity index (χ1v) is 10.4. The average molecular weight is 419 g/mol. The molecule has 2 aromatic heterocycles. The van der Waals surface area contributed by atoms with Crippen molar-refractivity contribution in [1.82, 2.24) is 9.97 Å². The Bertz CT molecular complexity index is 1030. The number of aryl methyl sites for hydroxylation is 1. The van der Waals surface area contributed by atoms with E-state index in [-0.39, 0.29) is 17.7 Å². The third kappa shape index (κ3) is 4.02. The van der Waals surface area contributed by atoms with Crippen LogP contribution in [0.4, 0.5) is 10.3 Å². The lowest BCUT2D eigenvalue weighted by molar-refractivity contribution is -0.117. The van der Waals surface area contributed by atoms with Gasteiger partial charge >= 0.3 is 0 Å². The van der Waals surface area contributed by atoms with E-state index in [1.54, 1.807) is 24.3 Å². The van der Waals surface area contributed by atoms with Gasteiger partial charge in [-0.25, -0.2) is 9.97 Å². The maximum atomic E-state index is 12.4. The fourth-order valence-electron chi connectivity index (χ4n) is 2.49. The first-order valence-electron chi connectivity index (χ1n) is 8.31. The zero-order chi connectivity index (χ0) is 19.0. The van der Waals surface area contributed by atoms with Gasteiger partial charge in [0.15, 0.2) is 10.3 Å². The SMILES string of the molecule is Cc1nc(NC(=O)c2ccccc2Cl)sc1-c1csc(NC(=O)C2CC2)n1. The largest absolute Gasteiger partial charge is 0.302 e. The topological polar surface area (TPSA) is 84.0 Å². The lowest BCUT2D eigenvalue weighted by atomic mass is 10.2. The van der Waals surface area contributed by atoms with Gasteiger partial charge in [-0.05, 0) is 31.9 Å². The number of nitrogens with one attached hydrogen (secondary N) is 2. The molecular formula is C18H15ClN4O2S2. The molecule has 138 valence electrons. The number of nitrogens with zero attached hydrogens (tertiary/aromatic N) is 2. The molecule has 0 radical (unpaired) electrons. The Kier molecular flexibility index (Phi) is 4.94. The quantitative estimate of drug-likeness (QED) is 0.621. The number of rotatable bonds is 5. The van der Waals surface area contributed by atoms with Gasteiger partial charge in [-0.3, -0.25) is 14.9 Å². The summed E-state index contributed by atoms with van der Waals surface area (Å²) < 4.78 is 0. The number of hydrogen-bond acceptors (Lipinski definition) is 6. The number of thiazole rings is 2. The monoisotopic (exact) mass is 418 g/mol. The summed E-state index contributed by atoms with van der Waals surface area (Å²) in [5.74, 6) is -0.143. The lowest BCUT2D eigenvalue weighted by Gasteiger charge is -2.03. The van der Waals surface area contributed by atoms with Gasteiger partial charge in [0.2, 0.25) is 5.91 Å². The Morgan fingerprint density at radius 3 is 2.67 bits per heavy atom. The second-order valence-corrected chi connectivity index (χ2v) is 8.43. The van der Waals surface area contributed by atoms with Gasteiger partial charge in [-0.15, -0.1) is 11.3 Å². The van der Waals surface area contributed by atoms with E-state index in [1.165, 1.54) is 22.7 Å². The van der Waals surface area contributed by atoms with E-state index in [9.17, 15) is 9.59 Å². The van der Waals surface area contributed by atoms with Crippen molar-refractivity contribution >= 4 is 56.4 Å². The number of benzene rings is 1. The molecule has 0 bridgehead atoms. The van der Waals surface area contributed by atoms with Crippen LogP contribution < -0.4 is 10.6 Å². The molecule has 1 aliphatic rings. The summed E-state index contributed by atoms with van der Waals surface area (Å²) in [6.45, 7) is 1.86. The van der Waals surface area contributed by atoms with Gasteiger partial charge in [-0.1, -0.05) is 35.1 Å². The van der Waals surface area contributed by atoms with Crippen LogP contribution in [0.1, 0.15) is 28.9 Å². The van der Waals surface area contributed by atoms with Crippen LogP contribution in [0, 0.1) is 12.8 Å². The Morgan fingerprint density at radius 2 is 1.93 bits per heavy atom. The molecule has 1 saturated carbocycles. The smallest absolute Gasteiger partial charge is 0.258 e. The van der Waals surface area contributed by atoms with Crippen molar-refractivity contribution < 1.29 is 9.59 Å². The third-order valence-electron chi connectivity index (χ3n) is 4.05. The number of aromatic nitrogens is 2. The van der Waals surface area contributed by atoms with Gasteiger partial charge in [0.25, 0.3) is 5.91 Å². The van der Waals surface area contributed by atoms with E-state index in [1.807, 2.05) is 12.3 Å². The zero-order valence-electron chi connectivity index (χ0n) is 14.3. The number of amides is 2. The highest BCUT2D eigenvalue weighted by Gasteiger charge is 2.30. The first kappa shape index (κ1) is 18.1. The molecule has 6 nitrogen and oxygen atoms in total. The molecule has 27 heavy (non-hydrogen) atoms. The van der Waals surface area contributed by atoms with Gasteiger partial charge in [-0.2, -0.15) is 0 Å². The Balaban J connectivity index is 1.50. The molecular weight excluding hydrogens is 404 g/mol. The van der Waals surface area contributed by atoms with Gasteiger partial charge in [0.1, 0.15) is 0 Å². The van der Waals surface area contributed by atoms with Gasteiger partial charge in [0.05, 0.1) is 26.9 Å². The van der Waals surface area contributed by atoms with Crippen LogP contribution in [0.2, 0.25) is 5.02 Å². The third-order valence-corrected chi connectivity index (χ3v) is 6.23. The first-order chi connectivity index (χ1) is 13.0. The highest BCUT2D eigenvalue weighted by atomic mass is 35.5. The summed E-state index contributed by atoms with van der Waals surface area (Å²) in [5.41, 5.74) is 1.89. The predicted octanol–water partition coefficient (Wildman–Crippen LogP) is 4.83. The summed E-state index contributed by atoms with van der Waals surface area (Å²) in [7, 11) is 0. The van der Waals surface area contributed by atoms with Crippen molar-refractivity contribution in [1.29, 1.82) is 0 Å². The van der Waals surface area contributed by atoms with Crippen molar-refractivity contribution in [3.05, 3.63) is 45.9 Å². The highest BCUT2D eigenvalue weighted by Crippen LogP contribution is 2.36. The second kappa shape index (κ2) is 7.38. The molecule has 0 unspecified atom stereocenters. The molecule has 0 atom stereocenters. The summed E-state index contributed by atoms with van der Waals surface area (Å²) >= 11 is 8.78. The van der Waals surface area contributed by atoms with E-state index in [4.69, 9.17) is 11.6 Å². The fraction of sp³-hybridized carbons (Fsp3) is 0.222. The molecule has 1 aromatic carbocycles. The maximum Gasteiger partial charge on any atom is 0.258 e. The summed E-state index contributed by atoms with van der Waals surface area (Å²) in [6, 6.07) is 6.86. The van der Waals surface area contributed by atoms with Crippen molar-refractivity contribution in [3.8, 4) is 10.6 Å². The Labute approximate surface area is 168 Å². The molecule has 3 aromatic rings. The lowest BCUT2D eigenvalue weighted by Crippen LogP contribution is -2.12. The zero-order valence-corrected chi connectivity index (χ0v) is 16.7. The average Bonchev–Trinajstić information content (AvgIpc) is 3.30. The van der Waals surface area contributed by atoms with Gasteiger partial charge < -0.3 is 5.32 Å². The minimum atomic E-state index is -0.309. The van der Waals surface area contributed by atoms with E-state index in [0.29, 0.717) is 20.8 Å². The normalized spacial score (nSPS) is 13.4. The molecule has 1 fully saturated rings. The minimum Gasteiger partial charge on any atom is -0.302 e. The van der Waals surface area contributed by atoms with Crippen LogP contribution in [0.25, 0.3) is 10.6 Å². The summed E-state index contributed by atoms with van der Waals surface area (Å²) in [5, 5.41) is 8.95. The molecule has 2 heterocycles. The molecule has 1 aliphatic carbocycles. The number of carbonyl (C=O) groups is 2. The summed E-state index contributed by atoms with van der Waals surface area (Å²) in [4.78, 5) is 34.0. The predicted molar refractivity (Wildman–Crippen MR) is 109 cm³/mol. The number of anilines is 2.